The summed E-state index contributed by atoms with van der Waals surface area (Å²) in [7, 11) is 0. The second-order valence-electron chi connectivity index (χ2n) is 8.27. The minimum absolute atomic E-state index is 0.290. The van der Waals surface area contributed by atoms with Crippen molar-refractivity contribution in [3.05, 3.63) is 108 Å². The molecule has 1 N–H and O–H groups in total. The Morgan fingerprint density at radius 1 is 0.727 bits per heavy atom. The molecule has 0 saturated carbocycles. The number of aliphatic hydroxyl groups excluding tert-OH is 1. The number of benzene rings is 3. The average molecular weight is 449 g/mol. The van der Waals surface area contributed by atoms with E-state index in [-0.39, 0.29) is 6.61 Å². The van der Waals surface area contributed by atoms with E-state index in [0.29, 0.717) is 13.2 Å². The summed E-state index contributed by atoms with van der Waals surface area (Å²) < 4.78 is 30.5. The molecule has 0 unspecified atom stereocenters. The highest BCUT2D eigenvalue weighted by Crippen LogP contribution is 2.35. The Hall–Kier alpha value is -2.58. The lowest BCUT2D eigenvalue weighted by Gasteiger charge is -2.47. The van der Waals surface area contributed by atoms with Gasteiger partial charge in [-0.15, -0.1) is 0 Å². The molecule has 3 aromatic carbocycles. The second kappa shape index (κ2) is 10.6. The Kier molecular flexibility index (Phi) is 7.12. The summed E-state index contributed by atoms with van der Waals surface area (Å²) in [5, 5.41) is 11.3. The lowest BCUT2D eigenvalue weighted by Crippen LogP contribution is -2.62. The molecular formula is C27H28O6. The summed E-state index contributed by atoms with van der Waals surface area (Å²) in [6.45, 7) is 0.959. The fourth-order valence-electron chi connectivity index (χ4n) is 4.18. The lowest BCUT2D eigenvalue weighted by molar-refractivity contribution is -0.368. The predicted molar refractivity (Wildman–Crippen MR) is 121 cm³/mol. The van der Waals surface area contributed by atoms with E-state index in [1.807, 2.05) is 91.0 Å². The molecule has 6 heteroatoms. The van der Waals surface area contributed by atoms with Gasteiger partial charge in [-0.3, -0.25) is 0 Å². The van der Waals surface area contributed by atoms with Crippen molar-refractivity contribution in [2.45, 2.75) is 50.2 Å². The molecule has 0 spiro atoms. The third kappa shape index (κ3) is 5.33. The van der Waals surface area contributed by atoms with Gasteiger partial charge in [0.1, 0.15) is 24.4 Å². The van der Waals surface area contributed by atoms with Gasteiger partial charge in [-0.2, -0.15) is 0 Å². The molecule has 0 aliphatic carbocycles. The van der Waals surface area contributed by atoms with Gasteiger partial charge in [0.15, 0.2) is 12.6 Å². The second-order valence-corrected chi connectivity index (χ2v) is 8.27. The first-order valence-corrected chi connectivity index (χ1v) is 11.2. The van der Waals surface area contributed by atoms with Gasteiger partial charge in [0, 0.05) is 5.56 Å². The maximum atomic E-state index is 11.3. The van der Waals surface area contributed by atoms with Gasteiger partial charge in [0.2, 0.25) is 0 Å². The van der Waals surface area contributed by atoms with Crippen molar-refractivity contribution in [1.29, 1.82) is 0 Å². The van der Waals surface area contributed by atoms with E-state index in [9.17, 15) is 5.11 Å². The quantitative estimate of drug-likeness (QED) is 0.590. The van der Waals surface area contributed by atoms with Gasteiger partial charge < -0.3 is 28.8 Å². The predicted octanol–water partition coefficient (Wildman–Crippen LogP) is 3.99. The molecule has 3 aromatic rings. The topological polar surface area (TPSA) is 66.4 Å². The van der Waals surface area contributed by atoms with Crippen molar-refractivity contribution in [2.75, 3.05) is 6.61 Å². The molecule has 6 atom stereocenters. The van der Waals surface area contributed by atoms with Crippen LogP contribution in [0.3, 0.4) is 0 Å². The van der Waals surface area contributed by atoms with Crippen LogP contribution >= 0.6 is 0 Å². The molecule has 33 heavy (non-hydrogen) atoms. The molecule has 2 fully saturated rings. The molecule has 0 bridgehead atoms. The van der Waals surface area contributed by atoms with E-state index in [0.717, 1.165) is 16.7 Å². The van der Waals surface area contributed by atoms with Crippen LogP contribution in [0.5, 0.6) is 0 Å². The highest BCUT2D eigenvalue weighted by molar-refractivity contribution is 5.17. The minimum Gasteiger partial charge on any atom is -0.387 e. The monoisotopic (exact) mass is 448 g/mol. The zero-order chi connectivity index (χ0) is 22.5. The van der Waals surface area contributed by atoms with Gasteiger partial charge in [-0.1, -0.05) is 91.0 Å². The lowest BCUT2D eigenvalue weighted by atomic mass is 9.97. The number of aliphatic hydroxyl groups is 1. The van der Waals surface area contributed by atoms with Gasteiger partial charge >= 0.3 is 0 Å². The normalized spacial score (nSPS) is 29.4. The number of hydrogen-bond acceptors (Lipinski definition) is 6. The average Bonchev–Trinajstić information content (AvgIpc) is 2.88. The van der Waals surface area contributed by atoms with E-state index < -0.39 is 37.0 Å². The van der Waals surface area contributed by atoms with Crippen LogP contribution in [-0.2, 0) is 36.9 Å². The van der Waals surface area contributed by atoms with Crippen molar-refractivity contribution in [3.63, 3.8) is 0 Å². The Labute approximate surface area is 193 Å². The fourth-order valence-corrected chi connectivity index (χ4v) is 4.18. The van der Waals surface area contributed by atoms with Gasteiger partial charge in [0.05, 0.1) is 19.8 Å². The largest absolute Gasteiger partial charge is 0.387 e. The van der Waals surface area contributed by atoms with Crippen LogP contribution in [0.15, 0.2) is 91.0 Å². The summed E-state index contributed by atoms with van der Waals surface area (Å²) >= 11 is 0. The SMILES string of the molecule is O[C@@H]1[C@H](OCc2ccccc2)[C@@H](OCc2ccccc2)O[C@@H]2CO[C@@H](c3ccccc3)O[C@@H]12. The molecule has 0 amide bonds. The summed E-state index contributed by atoms with van der Waals surface area (Å²) in [6.07, 6.45) is -4.04. The summed E-state index contributed by atoms with van der Waals surface area (Å²) in [4.78, 5) is 0. The van der Waals surface area contributed by atoms with Crippen molar-refractivity contribution in [2.24, 2.45) is 0 Å². The third-order valence-corrected chi connectivity index (χ3v) is 5.92. The molecule has 2 aliphatic rings. The highest BCUT2D eigenvalue weighted by atomic mass is 16.8. The van der Waals surface area contributed by atoms with Gasteiger partial charge in [0.25, 0.3) is 0 Å². The first kappa shape index (κ1) is 22.2. The number of ether oxygens (including phenoxy) is 5. The minimum atomic E-state index is -0.941. The van der Waals surface area contributed by atoms with E-state index in [1.54, 1.807) is 0 Å². The number of hydrogen-bond donors (Lipinski definition) is 1. The molecule has 2 aliphatic heterocycles. The highest BCUT2D eigenvalue weighted by Gasteiger charge is 2.50. The van der Waals surface area contributed by atoms with Crippen LogP contribution in [0.1, 0.15) is 23.0 Å². The van der Waals surface area contributed by atoms with Crippen LogP contribution in [0, 0.1) is 0 Å². The molecule has 2 saturated heterocycles. The van der Waals surface area contributed by atoms with Crippen molar-refractivity contribution >= 4 is 0 Å². The van der Waals surface area contributed by atoms with Crippen LogP contribution in [0.2, 0.25) is 0 Å². The maximum Gasteiger partial charge on any atom is 0.187 e. The molecule has 6 nitrogen and oxygen atoms in total. The number of rotatable bonds is 7. The zero-order valence-corrected chi connectivity index (χ0v) is 18.2. The molecule has 5 rings (SSSR count). The molecule has 172 valence electrons. The van der Waals surface area contributed by atoms with Crippen LogP contribution in [0.4, 0.5) is 0 Å². The molecular weight excluding hydrogens is 420 g/mol. The van der Waals surface area contributed by atoms with Crippen LogP contribution in [0.25, 0.3) is 0 Å². The zero-order valence-electron chi connectivity index (χ0n) is 18.2. The maximum absolute atomic E-state index is 11.3. The Morgan fingerprint density at radius 3 is 1.94 bits per heavy atom. The smallest absolute Gasteiger partial charge is 0.187 e. The first-order valence-electron chi connectivity index (χ1n) is 11.2. The van der Waals surface area contributed by atoms with E-state index >= 15 is 0 Å². The van der Waals surface area contributed by atoms with E-state index in [4.69, 9.17) is 23.7 Å². The van der Waals surface area contributed by atoms with Crippen LogP contribution < -0.4 is 0 Å². The van der Waals surface area contributed by atoms with Crippen molar-refractivity contribution in [1.82, 2.24) is 0 Å². The van der Waals surface area contributed by atoms with Crippen molar-refractivity contribution < 1.29 is 28.8 Å². The molecule has 2 heterocycles. The third-order valence-electron chi connectivity index (χ3n) is 5.92. The van der Waals surface area contributed by atoms with Crippen molar-refractivity contribution in [3.8, 4) is 0 Å². The Morgan fingerprint density at radius 2 is 1.30 bits per heavy atom. The summed E-state index contributed by atoms with van der Waals surface area (Å²) in [5.74, 6) is 0. The summed E-state index contributed by atoms with van der Waals surface area (Å²) in [5.41, 5.74) is 2.91. The standard InChI is InChI=1S/C27H28O6/c28-23-24-22(18-31-26(33-24)21-14-8-3-9-15-21)32-27(30-17-20-12-6-2-7-13-20)25(23)29-16-19-10-4-1-5-11-19/h1-15,22-28H,16-18H2/t22-,23+,24-,25+,26-,27+/m1/s1. The first-order chi connectivity index (χ1) is 16.3. The number of fused-ring (bicyclic) bond motifs is 1. The Balaban J connectivity index is 1.31. The van der Waals surface area contributed by atoms with Gasteiger partial charge in [-0.25, -0.2) is 0 Å². The van der Waals surface area contributed by atoms with E-state index in [1.165, 1.54) is 0 Å². The summed E-state index contributed by atoms with van der Waals surface area (Å²) in [6, 6.07) is 29.4. The van der Waals surface area contributed by atoms with E-state index in [2.05, 4.69) is 0 Å². The Bertz CT molecular complexity index is 983. The molecule has 0 aromatic heterocycles. The fraction of sp³-hybridized carbons (Fsp3) is 0.333. The molecule has 0 radical (unpaired) electrons. The van der Waals surface area contributed by atoms with Crippen LogP contribution in [-0.4, -0.2) is 42.4 Å². The van der Waals surface area contributed by atoms with Gasteiger partial charge in [-0.05, 0) is 11.1 Å².